The molecular formula is C19H17BrN4O4. The van der Waals surface area contributed by atoms with Crippen molar-refractivity contribution in [2.45, 2.75) is 0 Å². The van der Waals surface area contributed by atoms with Crippen LogP contribution in [-0.4, -0.2) is 41.6 Å². The van der Waals surface area contributed by atoms with Gasteiger partial charge in [-0.15, -0.1) is 0 Å². The molecule has 1 aromatic heterocycles. The number of phenols is 1. The lowest BCUT2D eigenvalue weighted by Gasteiger charge is -2.06. The molecule has 0 aliphatic heterocycles. The lowest BCUT2D eigenvalue weighted by Crippen LogP contribution is -2.18. The molecule has 3 N–H and O–H groups in total. The molecule has 0 atom stereocenters. The number of methoxy groups -OCH3 is 2. The van der Waals surface area contributed by atoms with E-state index >= 15 is 0 Å². The van der Waals surface area contributed by atoms with E-state index < -0.39 is 5.91 Å². The normalized spacial score (nSPS) is 10.8. The van der Waals surface area contributed by atoms with E-state index in [0.29, 0.717) is 21.5 Å². The number of phenolic OH excluding ortho intramolecular Hbond substituents is 1. The second-order valence-corrected chi connectivity index (χ2v) is 6.50. The third-order valence-corrected chi connectivity index (χ3v) is 4.46. The van der Waals surface area contributed by atoms with Crippen LogP contribution in [-0.2, 0) is 0 Å². The third kappa shape index (κ3) is 4.32. The number of carbonyl (C=O) groups excluding carboxylic acids is 1. The predicted octanol–water partition coefficient (Wildman–Crippen LogP) is 3.33. The molecule has 1 amide bonds. The number of amides is 1. The van der Waals surface area contributed by atoms with E-state index in [1.807, 2.05) is 24.3 Å². The Morgan fingerprint density at radius 1 is 1.21 bits per heavy atom. The minimum absolute atomic E-state index is 0.00722. The molecule has 0 fully saturated rings. The van der Waals surface area contributed by atoms with Crippen LogP contribution in [0.5, 0.6) is 17.2 Å². The molecule has 0 unspecified atom stereocenters. The van der Waals surface area contributed by atoms with Gasteiger partial charge in [0.25, 0.3) is 5.91 Å². The van der Waals surface area contributed by atoms with Crippen LogP contribution in [0.25, 0.3) is 11.3 Å². The van der Waals surface area contributed by atoms with Crippen LogP contribution in [0.15, 0.2) is 52.0 Å². The number of hydrogen-bond donors (Lipinski definition) is 3. The summed E-state index contributed by atoms with van der Waals surface area (Å²) in [6.07, 6.45) is 1.44. The SMILES string of the molecule is COc1ccc(-c2cc(C(=O)N/N=C/c3cc(Br)c(O)c(OC)c3)[nH]n2)cc1. The summed E-state index contributed by atoms with van der Waals surface area (Å²) in [4.78, 5) is 12.2. The van der Waals surface area contributed by atoms with Gasteiger partial charge in [0.15, 0.2) is 11.5 Å². The van der Waals surface area contributed by atoms with Crippen molar-refractivity contribution in [2.24, 2.45) is 5.10 Å². The van der Waals surface area contributed by atoms with Crippen LogP contribution >= 0.6 is 15.9 Å². The highest BCUT2D eigenvalue weighted by molar-refractivity contribution is 9.10. The van der Waals surface area contributed by atoms with Crippen LogP contribution in [0, 0.1) is 0 Å². The van der Waals surface area contributed by atoms with Gasteiger partial charge in [-0.25, -0.2) is 5.43 Å². The summed E-state index contributed by atoms with van der Waals surface area (Å²) in [5.74, 6) is 0.587. The molecule has 1 heterocycles. The van der Waals surface area contributed by atoms with Crippen molar-refractivity contribution < 1.29 is 19.4 Å². The first-order chi connectivity index (χ1) is 13.5. The largest absolute Gasteiger partial charge is 0.503 e. The van der Waals surface area contributed by atoms with Gasteiger partial charge in [0, 0.05) is 5.56 Å². The number of aromatic amines is 1. The average molecular weight is 445 g/mol. The molecule has 3 aromatic rings. The zero-order chi connectivity index (χ0) is 20.1. The average Bonchev–Trinajstić information content (AvgIpc) is 3.21. The maximum absolute atomic E-state index is 12.2. The summed E-state index contributed by atoms with van der Waals surface area (Å²) < 4.78 is 10.7. The third-order valence-electron chi connectivity index (χ3n) is 3.86. The van der Waals surface area contributed by atoms with Crippen molar-refractivity contribution in [3.8, 4) is 28.5 Å². The van der Waals surface area contributed by atoms with E-state index in [-0.39, 0.29) is 11.4 Å². The molecule has 0 saturated heterocycles. The highest BCUT2D eigenvalue weighted by Crippen LogP contribution is 2.34. The molecule has 0 bridgehead atoms. The van der Waals surface area contributed by atoms with Crippen molar-refractivity contribution in [3.05, 3.63) is 58.2 Å². The number of aromatic hydroxyl groups is 1. The number of nitrogens with one attached hydrogen (secondary N) is 2. The maximum Gasteiger partial charge on any atom is 0.289 e. The number of carbonyl (C=O) groups is 1. The van der Waals surface area contributed by atoms with E-state index in [4.69, 9.17) is 9.47 Å². The quantitative estimate of drug-likeness (QED) is 0.399. The van der Waals surface area contributed by atoms with Crippen LogP contribution in [0.4, 0.5) is 0 Å². The number of aromatic nitrogens is 2. The number of benzene rings is 2. The molecule has 0 aliphatic rings. The lowest BCUT2D eigenvalue weighted by atomic mass is 10.1. The molecule has 0 spiro atoms. The second kappa shape index (κ2) is 8.57. The first-order valence-corrected chi connectivity index (χ1v) is 8.91. The highest BCUT2D eigenvalue weighted by Gasteiger charge is 2.11. The van der Waals surface area contributed by atoms with Crippen LogP contribution in [0.3, 0.4) is 0 Å². The fraction of sp³-hybridized carbons (Fsp3) is 0.105. The maximum atomic E-state index is 12.2. The Kier molecular flexibility index (Phi) is 5.95. The van der Waals surface area contributed by atoms with Gasteiger partial charge < -0.3 is 14.6 Å². The Hall–Kier alpha value is -3.33. The number of ether oxygens (including phenoxy) is 2. The molecule has 0 aliphatic carbocycles. The number of hydrogen-bond acceptors (Lipinski definition) is 6. The first-order valence-electron chi connectivity index (χ1n) is 8.11. The summed E-state index contributed by atoms with van der Waals surface area (Å²) in [6.45, 7) is 0. The van der Waals surface area contributed by atoms with Crippen molar-refractivity contribution >= 4 is 28.1 Å². The summed E-state index contributed by atoms with van der Waals surface area (Å²) >= 11 is 3.23. The van der Waals surface area contributed by atoms with Crippen LogP contribution < -0.4 is 14.9 Å². The summed E-state index contributed by atoms with van der Waals surface area (Å²) in [5, 5.41) is 20.6. The number of rotatable bonds is 6. The van der Waals surface area contributed by atoms with Crippen LogP contribution in [0.2, 0.25) is 0 Å². The summed E-state index contributed by atoms with van der Waals surface area (Å²) in [6, 6.07) is 12.2. The van der Waals surface area contributed by atoms with Crippen molar-refractivity contribution in [3.63, 3.8) is 0 Å². The summed E-state index contributed by atoms with van der Waals surface area (Å²) in [7, 11) is 3.04. The Morgan fingerprint density at radius 3 is 2.64 bits per heavy atom. The molecule has 144 valence electrons. The van der Waals surface area contributed by atoms with Gasteiger partial charge >= 0.3 is 0 Å². The lowest BCUT2D eigenvalue weighted by molar-refractivity contribution is 0.0950. The summed E-state index contributed by atoms with van der Waals surface area (Å²) in [5.41, 5.74) is 4.80. The number of H-pyrrole nitrogens is 1. The van der Waals surface area contributed by atoms with Gasteiger partial charge in [0.1, 0.15) is 11.4 Å². The van der Waals surface area contributed by atoms with Crippen molar-refractivity contribution in [2.75, 3.05) is 14.2 Å². The predicted molar refractivity (Wildman–Crippen MR) is 108 cm³/mol. The Bertz CT molecular complexity index is 1020. The second-order valence-electron chi connectivity index (χ2n) is 5.65. The molecule has 28 heavy (non-hydrogen) atoms. The van der Waals surface area contributed by atoms with E-state index in [1.54, 1.807) is 25.3 Å². The smallest absolute Gasteiger partial charge is 0.289 e. The van der Waals surface area contributed by atoms with Gasteiger partial charge in [-0.05, 0) is 64.0 Å². The van der Waals surface area contributed by atoms with Crippen molar-refractivity contribution in [1.82, 2.24) is 15.6 Å². The van der Waals surface area contributed by atoms with Crippen molar-refractivity contribution in [1.29, 1.82) is 0 Å². The molecule has 3 rings (SSSR count). The van der Waals surface area contributed by atoms with Crippen LogP contribution in [0.1, 0.15) is 16.1 Å². The number of halogens is 1. The zero-order valence-corrected chi connectivity index (χ0v) is 16.6. The van der Waals surface area contributed by atoms with Gasteiger partial charge in [0.05, 0.1) is 30.6 Å². The first kappa shape index (κ1) is 19.4. The molecule has 9 heteroatoms. The molecule has 2 aromatic carbocycles. The van der Waals surface area contributed by atoms with E-state index in [0.717, 1.165) is 11.3 Å². The Balaban J connectivity index is 1.68. The minimum Gasteiger partial charge on any atom is -0.503 e. The van der Waals surface area contributed by atoms with Gasteiger partial charge in [-0.3, -0.25) is 9.89 Å². The number of hydrazone groups is 1. The molecule has 0 saturated carbocycles. The van der Waals surface area contributed by atoms with Gasteiger partial charge in [0.2, 0.25) is 0 Å². The fourth-order valence-corrected chi connectivity index (χ4v) is 2.86. The van der Waals surface area contributed by atoms with E-state index in [2.05, 4.69) is 36.7 Å². The molecular weight excluding hydrogens is 428 g/mol. The van der Waals surface area contributed by atoms with Gasteiger partial charge in [-0.1, -0.05) is 0 Å². The Morgan fingerprint density at radius 2 is 1.96 bits per heavy atom. The highest BCUT2D eigenvalue weighted by atomic mass is 79.9. The topological polar surface area (TPSA) is 109 Å². The fourth-order valence-electron chi connectivity index (χ4n) is 2.40. The molecule has 0 radical (unpaired) electrons. The zero-order valence-electron chi connectivity index (χ0n) is 15.1. The minimum atomic E-state index is -0.437. The standard InChI is InChI=1S/C19H17BrN4O4/c1-27-13-5-3-12(4-6-13)15-9-16(23-22-15)19(26)24-21-10-11-7-14(20)18(25)17(8-11)28-2/h3-10,25H,1-2H3,(H,22,23)(H,24,26)/b21-10+. The van der Waals surface area contributed by atoms with E-state index in [1.165, 1.54) is 13.3 Å². The van der Waals surface area contributed by atoms with Gasteiger partial charge in [-0.2, -0.15) is 10.2 Å². The Labute approximate surface area is 169 Å². The monoisotopic (exact) mass is 444 g/mol. The number of nitrogens with zero attached hydrogens (tertiary/aromatic N) is 2. The molecule has 8 nitrogen and oxygen atoms in total. The van der Waals surface area contributed by atoms with E-state index in [9.17, 15) is 9.90 Å².